The molecular formula is C9H15BrN4O. The Hall–Kier alpha value is -0.880. The second kappa shape index (κ2) is 5.87. The smallest absolute Gasteiger partial charge is 0.267 e. The second-order valence-corrected chi connectivity index (χ2v) is 4.05. The highest BCUT2D eigenvalue weighted by Gasteiger charge is 2.10. The van der Waals surface area contributed by atoms with Crippen molar-refractivity contribution in [3.05, 3.63) is 21.2 Å². The summed E-state index contributed by atoms with van der Waals surface area (Å²) in [5, 5.41) is 3.14. The number of nitrogens with two attached hydrogens (primary N) is 1. The quantitative estimate of drug-likeness (QED) is 0.750. The number of hydrogen-bond donors (Lipinski definition) is 3. The van der Waals surface area contributed by atoms with Crippen molar-refractivity contribution < 1.29 is 0 Å². The van der Waals surface area contributed by atoms with Gasteiger partial charge in [-0.05, 0) is 22.4 Å². The summed E-state index contributed by atoms with van der Waals surface area (Å²) in [6.45, 7) is 2.61. The van der Waals surface area contributed by atoms with Crippen molar-refractivity contribution in [2.45, 2.75) is 25.8 Å². The molecule has 1 unspecified atom stereocenters. The molecule has 4 N–H and O–H groups in total. The van der Waals surface area contributed by atoms with Gasteiger partial charge in [0.2, 0.25) is 0 Å². The van der Waals surface area contributed by atoms with Crippen molar-refractivity contribution in [2.75, 3.05) is 11.9 Å². The van der Waals surface area contributed by atoms with Crippen LogP contribution in [0.4, 0.5) is 5.82 Å². The van der Waals surface area contributed by atoms with Gasteiger partial charge in [0.25, 0.3) is 5.56 Å². The molecule has 15 heavy (non-hydrogen) atoms. The first kappa shape index (κ1) is 12.2. The van der Waals surface area contributed by atoms with Gasteiger partial charge in [-0.15, -0.1) is 0 Å². The number of nitrogens with zero attached hydrogens (tertiary/aromatic N) is 1. The highest BCUT2D eigenvalue weighted by molar-refractivity contribution is 9.10. The third kappa shape index (κ3) is 3.32. The van der Waals surface area contributed by atoms with Crippen LogP contribution in [0.25, 0.3) is 0 Å². The highest BCUT2D eigenvalue weighted by atomic mass is 79.9. The van der Waals surface area contributed by atoms with E-state index >= 15 is 0 Å². The van der Waals surface area contributed by atoms with Crippen LogP contribution in [0.15, 0.2) is 15.6 Å². The Morgan fingerprint density at radius 1 is 1.73 bits per heavy atom. The molecule has 1 aromatic heterocycles. The lowest BCUT2D eigenvalue weighted by Crippen LogP contribution is -2.30. The van der Waals surface area contributed by atoms with Crippen LogP contribution in [0.5, 0.6) is 0 Å². The molecule has 0 aliphatic rings. The Labute approximate surface area is 96.6 Å². The van der Waals surface area contributed by atoms with Gasteiger partial charge in [0, 0.05) is 12.6 Å². The molecule has 0 fully saturated rings. The SMILES string of the molecule is CCCC(CN)Nc1nc[nH]c(=O)c1Br. The lowest BCUT2D eigenvalue weighted by Gasteiger charge is -2.16. The first-order chi connectivity index (χ1) is 7.19. The van der Waals surface area contributed by atoms with Gasteiger partial charge in [0.15, 0.2) is 0 Å². The minimum Gasteiger partial charge on any atom is -0.365 e. The summed E-state index contributed by atoms with van der Waals surface area (Å²) < 4.78 is 0.416. The first-order valence-corrected chi connectivity index (χ1v) is 5.68. The predicted octanol–water partition coefficient (Wildman–Crippen LogP) is 1.07. The van der Waals surface area contributed by atoms with Crippen LogP contribution < -0.4 is 16.6 Å². The fraction of sp³-hybridized carbons (Fsp3) is 0.556. The maximum absolute atomic E-state index is 11.3. The summed E-state index contributed by atoms with van der Waals surface area (Å²) in [5.74, 6) is 0.544. The van der Waals surface area contributed by atoms with Crippen molar-refractivity contribution in [1.29, 1.82) is 0 Å². The summed E-state index contributed by atoms with van der Waals surface area (Å²) in [7, 11) is 0. The van der Waals surface area contributed by atoms with Crippen molar-refractivity contribution in [3.8, 4) is 0 Å². The molecule has 0 saturated heterocycles. The van der Waals surface area contributed by atoms with Gasteiger partial charge < -0.3 is 16.0 Å². The Kier molecular flexibility index (Phi) is 4.77. The topological polar surface area (TPSA) is 83.8 Å². The molecule has 0 amide bonds. The van der Waals surface area contributed by atoms with Crippen molar-refractivity contribution >= 4 is 21.7 Å². The Bertz CT molecular complexity index is 365. The first-order valence-electron chi connectivity index (χ1n) is 4.88. The number of aromatic amines is 1. The van der Waals surface area contributed by atoms with Gasteiger partial charge in [0.1, 0.15) is 10.3 Å². The summed E-state index contributed by atoms with van der Waals surface area (Å²) in [4.78, 5) is 17.8. The van der Waals surface area contributed by atoms with E-state index < -0.39 is 0 Å². The van der Waals surface area contributed by atoms with E-state index in [1.807, 2.05) is 0 Å². The van der Waals surface area contributed by atoms with Crippen LogP contribution >= 0.6 is 15.9 Å². The number of aromatic nitrogens is 2. The van der Waals surface area contributed by atoms with Crippen molar-refractivity contribution in [2.24, 2.45) is 5.73 Å². The minimum absolute atomic E-state index is 0.153. The van der Waals surface area contributed by atoms with Gasteiger partial charge in [-0.2, -0.15) is 0 Å². The van der Waals surface area contributed by atoms with E-state index in [0.717, 1.165) is 12.8 Å². The average Bonchev–Trinajstić information content (AvgIpc) is 2.24. The molecule has 1 heterocycles. The molecule has 0 saturated carbocycles. The van der Waals surface area contributed by atoms with E-state index in [1.54, 1.807) is 0 Å². The molecule has 84 valence electrons. The normalized spacial score (nSPS) is 12.5. The summed E-state index contributed by atoms with van der Waals surface area (Å²) in [6, 6.07) is 0.153. The zero-order valence-electron chi connectivity index (χ0n) is 8.59. The highest BCUT2D eigenvalue weighted by Crippen LogP contribution is 2.15. The number of halogens is 1. The number of nitrogens with one attached hydrogen (secondary N) is 2. The second-order valence-electron chi connectivity index (χ2n) is 3.26. The third-order valence-electron chi connectivity index (χ3n) is 2.06. The average molecular weight is 275 g/mol. The standard InChI is InChI=1S/C9H15BrN4O/c1-2-3-6(4-11)14-8-7(10)9(15)13-5-12-8/h5-6H,2-4,11H2,1H3,(H2,12,13,14,15). The number of anilines is 1. The molecule has 1 rings (SSSR count). The van der Waals surface area contributed by atoms with Gasteiger partial charge in [-0.3, -0.25) is 4.79 Å². The predicted molar refractivity (Wildman–Crippen MR) is 63.9 cm³/mol. The summed E-state index contributed by atoms with van der Waals surface area (Å²) in [6.07, 6.45) is 3.36. The van der Waals surface area contributed by atoms with E-state index in [4.69, 9.17) is 5.73 Å². The van der Waals surface area contributed by atoms with E-state index in [-0.39, 0.29) is 11.6 Å². The minimum atomic E-state index is -0.195. The lowest BCUT2D eigenvalue weighted by atomic mass is 10.2. The Morgan fingerprint density at radius 3 is 3.07 bits per heavy atom. The lowest BCUT2D eigenvalue weighted by molar-refractivity contribution is 0.645. The molecule has 1 aromatic rings. The van der Waals surface area contributed by atoms with E-state index in [0.29, 0.717) is 16.8 Å². The molecule has 1 atom stereocenters. The number of H-pyrrole nitrogens is 1. The van der Waals surface area contributed by atoms with Gasteiger partial charge in [0.05, 0.1) is 6.33 Å². The van der Waals surface area contributed by atoms with Crippen molar-refractivity contribution in [1.82, 2.24) is 9.97 Å². The fourth-order valence-corrected chi connectivity index (χ4v) is 1.61. The van der Waals surface area contributed by atoms with Crippen LogP contribution in [0, 0.1) is 0 Å². The van der Waals surface area contributed by atoms with Crippen LogP contribution in [-0.2, 0) is 0 Å². The Balaban J connectivity index is 2.79. The molecule has 0 aliphatic carbocycles. The number of rotatable bonds is 5. The molecule has 0 bridgehead atoms. The van der Waals surface area contributed by atoms with E-state index in [1.165, 1.54) is 6.33 Å². The molecule has 5 nitrogen and oxygen atoms in total. The third-order valence-corrected chi connectivity index (χ3v) is 2.79. The fourth-order valence-electron chi connectivity index (χ4n) is 1.27. The maximum Gasteiger partial charge on any atom is 0.267 e. The Morgan fingerprint density at radius 2 is 2.47 bits per heavy atom. The van der Waals surface area contributed by atoms with Crippen LogP contribution in [0.1, 0.15) is 19.8 Å². The monoisotopic (exact) mass is 274 g/mol. The van der Waals surface area contributed by atoms with Crippen LogP contribution in [-0.4, -0.2) is 22.6 Å². The zero-order chi connectivity index (χ0) is 11.3. The molecule has 0 aliphatic heterocycles. The van der Waals surface area contributed by atoms with E-state index in [9.17, 15) is 4.79 Å². The molecular weight excluding hydrogens is 260 g/mol. The molecule has 0 aromatic carbocycles. The summed E-state index contributed by atoms with van der Waals surface area (Å²) >= 11 is 3.18. The number of hydrogen-bond acceptors (Lipinski definition) is 4. The largest absolute Gasteiger partial charge is 0.365 e. The van der Waals surface area contributed by atoms with E-state index in [2.05, 4.69) is 38.1 Å². The van der Waals surface area contributed by atoms with Gasteiger partial charge in [-0.1, -0.05) is 13.3 Å². The summed E-state index contributed by atoms with van der Waals surface area (Å²) in [5.41, 5.74) is 5.41. The molecule has 6 heteroatoms. The maximum atomic E-state index is 11.3. The van der Waals surface area contributed by atoms with Gasteiger partial charge >= 0.3 is 0 Å². The van der Waals surface area contributed by atoms with Crippen LogP contribution in [0.2, 0.25) is 0 Å². The molecule has 0 spiro atoms. The molecule has 0 radical (unpaired) electrons. The zero-order valence-corrected chi connectivity index (χ0v) is 10.2. The van der Waals surface area contributed by atoms with Crippen molar-refractivity contribution in [3.63, 3.8) is 0 Å². The van der Waals surface area contributed by atoms with Crippen LogP contribution in [0.3, 0.4) is 0 Å². The van der Waals surface area contributed by atoms with Gasteiger partial charge in [-0.25, -0.2) is 4.98 Å².